The van der Waals surface area contributed by atoms with Gasteiger partial charge in [-0.15, -0.1) is 0 Å². The number of ether oxygens (including phenoxy) is 12. The summed E-state index contributed by atoms with van der Waals surface area (Å²) in [5, 5.41) is 22.0. The Kier molecular flexibility index (Phi) is 12.2. The van der Waals surface area contributed by atoms with Gasteiger partial charge in [0.2, 0.25) is 5.79 Å². The third-order valence-corrected chi connectivity index (χ3v) is 14.6. The van der Waals surface area contributed by atoms with E-state index in [-0.39, 0.29) is 47.4 Å². The fourth-order valence-corrected chi connectivity index (χ4v) is 11.3. The van der Waals surface area contributed by atoms with Gasteiger partial charge in [0.15, 0.2) is 18.9 Å². The lowest BCUT2D eigenvalue weighted by atomic mass is 9.55. The fourth-order valence-electron chi connectivity index (χ4n) is 11.3. The molecule has 322 valence electrons. The second kappa shape index (κ2) is 16.6. The van der Waals surface area contributed by atoms with E-state index in [4.69, 9.17) is 56.8 Å². The van der Waals surface area contributed by atoms with Gasteiger partial charge in [0.25, 0.3) is 0 Å². The molecule has 1 saturated carbocycles. The van der Waals surface area contributed by atoms with Crippen molar-refractivity contribution in [1.82, 2.24) is 0 Å². The van der Waals surface area contributed by atoms with Crippen LogP contribution in [-0.4, -0.2) is 142 Å². The molecule has 8 rings (SSSR count). The van der Waals surface area contributed by atoms with E-state index in [2.05, 4.69) is 13.0 Å². The van der Waals surface area contributed by atoms with Crippen molar-refractivity contribution in [1.29, 1.82) is 0 Å². The normalized spacial score (nSPS) is 51.2. The molecular formula is C42H64O15. The largest absolute Gasteiger partial charge is 0.469 e. The van der Waals surface area contributed by atoms with Gasteiger partial charge in [-0.05, 0) is 76.2 Å². The molecule has 0 aromatic rings. The van der Waals surface area contributed by atoms with E-state index in [9.17, 15) is 15.0 Å². The second-order valence-electron chi connectivity index (χ2n) is 17.9. The van der Waals surface area contributed by atoms with Crippen molar-refractivity contribution >= 4 is 5.97 Å². The molecule has 0 spiro atoms. The number of aliphatic hydroxyl groups is 2. The summed E-state index contributed by atoms with van der Waals surface area (Å²) in [7, 11) is 4.74. The molecule has 0 aromatic heterocycles. The smallest absolute Gasteiger partial charge is 0.309 e. The maximum Gasteiger partial charge on any atom is 0.309 e. The first kappa shape index (κ1) is 42.0. The van der Waals surface area contributed by atoms with Crippen LogP contribution in [0.2, 0.25) is 0 Å². The van der Waals surface area contributed by atoms with Crippen LogP contribution in [-0.2, 0) is 61.6 Å². The SMILES string of the molecule is CO[C@@H]1[C@@H](O)[C@H](O[C@H]2CC[C@@]3(C)C(=CC[C@H]4C(=O)O[C@@H]5CO[C@]6(C)OC=C(CC[C@@H]43)[C@H]56)C2)O[C@H](C)[C@H]1O[C@H]1C[C@H](OC)[C@@H](O[C@H]2C[C@H](OC)[C@H](O)[C@@H](C)O2)[C@H](C)O1. The molecule has 6 aliphatic heterocycles. The zero-order valence-electron chi connectivity index (χ0n) is 34.6. The molecule has 57 heavy (non-hydrogen) atoms. The summed E-state index contributed by atoms with van der Waals surface area (Å²) in [5.41, 5.74) is 2.27. The Morgan fingerprint density at radius 3 is 2.25 bits per heavy atom. The maximum absolute atomic E-state index is 13.7. The molecular weight excluding hydrogens is 744 g/mol. The zero-order valence-corrected chi connectivity index (χ0v) is 34.6. The van der Waals surface area contributed by atoms with Crippen LogP contribution in [0.3, 0.4) is 0 Å². The highest BCUT2D eigenvalue weighted by Gasteiger charge is 2.58. The third-order valence-electron chi connectivity index (χ3n) is 14.6. The van der Waals surface area contributed by atoms with Crippen LogP contribution in [0.5, 0.6) is 0 Å². The molecule has 6 heterocycles. The molecule has 0 aromatic carbocycles. The molecule has 2 N–H and O–H groups in total. The Bertz CT molecular complexity index is 1510. The van der Waals surface area contributed by atoms with Gasteiger partial charge in [0.1, 0.15) is 36.6 Å². The third kappa shape index (κ3) is 7.76. The number of fused-ring (bicyclic) bond motifs is 3. The number of carbonyl (C=O) groups excluding carboxylic acids is 1. The maximum atomic E-state index is 13.7. The predicted molar refractivity (Wildman–Crippen MR) is 199 cm³/mol. The topological polar surface area (TPSA) is 168 Å². The van der Waals surface area contributed by atoms with Crippen molar-refractivity contribution in [2.24, 2.45) is 23.2 Å². The molecule has 8 aliphatic rings. The number of hydrogen-bond donors (Lipinski definition) is 2. The molecule has 0 bridgehead atoms. The molecule has 0 unspecified atom stereocenters. The summed E-state index contributed by atoms with van der Waals surface area (Å²) in [5.74, 6) is -1.07. The van der Waals surface area contributed by atoms with E-state index in [1.165, 1.54) is 11.1 Å². The van der Waals surface area contributed by atoms with E-state index in [0.717, 1.165) is 25.7 Å². The Labute approximate surface area is 335 Å². The average molecular weight is 809 g/mol. The van der Waals surface area contributed by atoms with Crippen LogP contribution in [0.1, 0.15) is 86.0 Å². The summed E-state index contributed by atoms with van der Waals surface area (Å²) < 4.78 is 73.4. The first-order valence-corrected chi connectivity index (χ1v) is 21.0. The number of esters is 1. The average Bonchev–Trinajstić information content (AvgIpc) is 3.70. The highest BCUT2D eigenvalue weighted by Crippen LogP contribution is 2.57. The number of aliphatic hydroxyl groups excluding tert-OH is 2. The summed E-state index contributed by atoms with van der Waals surface area (Å²) in [4.78, 5) is 13.7. The van der Waals surface area contributed by atoms with Crippen molar-refractivity contribution in [3.63, 3.8) is 0 Å². The first-order valence-electron chi connectivity index (χ1n) is 21.0. The Morgan fingerprint density at radius 1 is 0.807 bits per heavy atom. The zero-order chi connectivity index (χ0) is 40.4. The van der Waals surface area contributed by atoms with Crippen molar-refractivity contribution in [2.75, 3.05) is 27.9 Å². The van der Waals surface area contributed by atoms with Gasteiger partial charge < -0.3 is 67.1 Å². The van der Waals surface area contributed by atoms with Gasteiger partial charge in [-0.1, -0.05) is 18.6 Å². The highest BCUT2D eigenvalue weighted by molar-refractivity contribution is 5.74. The minimum Gasteiger partial charge on any atom is -0.469 e. The standard InChI is InChI=1S/C42H64O15/c1-20-34(43)28(46-6)16-31(51-20)56-36-21(2)52-32(17-29(36)47-7)57-37-22(3)53-40(35(44)38(37)48-8)54-25-13-14-41(4)24(15-25)10-11-26-27(41)12-9-23-18-49-42(5)33(23)30(19-50-42)55-39(26)45/h10,18,20-22,25-38,40,43-44H,9,11-17,19H2,1-8H3/t20-,21+,22-,25+,26-,27+,28+,29+,30-,31+,32+,33-,34-,35-,36+,37-,38-,40+,41+,42+/m1/s1. The van der Waals surface area contributed by atoms with Crippen LogP contribution in [0.15, 0.2) is 23.5 Å². The van der Waals surface area contributed by atoms with Crippen LogP contribution < -0.4 is 0 Å². The minimum atomic E-state index is -1.13. The quantitative estimate of drug-likeness (QED) is 0.256. The minimum absolute atomic E-state index is 0.0721. The van der Waals surface area contributed by atoms with Crippen molar-refractivity contribution < 1.29 is 71.8 Å². The van der Waals surface area contributed by atoms with Crippen molar-refractivity contribution in [3.05, 3.63) is 23.5 Å². The van der Waals surface area contributed by atoms with E-state index in [1.807, 2.05) is 27.0 Å². The van der Waals surface area contributed by atoms with Gasteiger partial charge >= 0.3 is 5.97 Å². The number of carbonyl (C=O) groups is 1. The molecule has 0 amide bonds. The van der Waals surface area contributed by atoms with E-state index >= 15 is 0 Å². The Morgan fingerprint density at radius 2 is 1.51 bits per heavy atom. The first-order chi connectivity index (χ1) is 27.3. The lowest BCUT2D eigenvalue weighted by Gasteiger charge is -2.51. The van der Waals surface area contributed by atoms with Gasteiger partial charge in [-0.2, -0.15) is 0 Å². The predicted octanol–water partition coefficient (Wildman–Crippen LogP) is 3.66. The lowest BCUT2D eigenvalue weighted by Crippen LogP contribution is -2.61. The Balaban J connectivity index is 0.877. The number of allylic oxidation sites excluding steroid dienone is 1. The fraction of sp³-hybridized carbons (Fsp3) is 0.881. The second-order valence-corrected chi connectivity index (χ2v) is 17.9. The molecule has 6 fully saturated rings. The number of hydrogen-bond acceptors (Lipinski definition) is 15. The van der Waals surface area contributed by atoms with Crippen LogP contribution in [0.25, 0.3) is 0 Å². The number of methoxy groups -OCH3 is 3. The van der Waals surface area contributed by atoms with E-state index < -0.39 is 79.6 Å². The summed E-state index contributed by atoms with van der Waals surface area (Å²) in [6.07, 6.45) is 0.723. The molecule has 15 nitrogen and oxygen atoms in total. The molecule has 2 aliphatic carbocycles. The summed E-state index contributed by atoms with van der Waals surface area (Å²) in [6.45, 7) is 10.2. The summed E-state index contributed by atoms with van der Waals surface area (Å²) >= 11 is 0. The van der Waals surface area contributed by atoms with Crippen LogP contribution in [0.4, 0.5) is 0 Å². The van der Waals surface area contributed by atoms with Gasteiger partial charge in [-0.25, -0.2) is 0 Å². The lowest BCUT2D eigenvalue weighted by molar-refractivity contribution is -0.353. The van der Waals surface area contributed by atoms with Crippen LogP contribution in [0, 0.1) is 23.2 Å². The highest BCUT2D eigenvalue weighted by atomic mass is 16.8. The monoisotopic (exact) mass is 808 g/mol. The molecule has 20 atom stereocenters. The van der Waals surface area contributed by atoms with Crippen LogP contribution >= 0.6 is 0 Å². The molecule has 5 saturated heterocycles. The Hall–Kier alpha value is -1.73. The summed E-state index contributed by atoms with van der Waals surface area (Å²) in [6, 6.07) is 0. The number of rotatable bonds is 9. The molecule has 0 radical (unpaired) electrons. The van der Waals surface area contributed by atoms with Crippen molar-refractivity contribution in [2.45, 2.75) is 184 Å². The van der Waals surface area contributed by atoms with Gasteiger partial charge in [0, 0.05) is 41.1 Å². The van der Waals surface area contributed by atoms with E-state index in [0.29, 0.717) is 32.3 Å². The van der Waals surface area contributed by atoms with Gasteiger partial charge in [-0.3, -0.25) is 4.79 Å². The van der Waals surface area contributed by atoms with Gasteiger partial charge in [0.05, 0.1) is 61.3 Å². The van der Waals surface area contributed by atoms with Crippen molar-refractivity contribution in [3.8, 4) is 0 Å². The van der Waals surface area contributed by atoms with E-state index in [1.54, 1.807) is 28.3 Å². The molecule has 15 heteroatoms.